The van der Waals surface area contributed by atoms with Gasteiger partial charge >= 0.3 is 0 Å². The molecule has 0 radical (unpaired) electrons. The van der Waals surface area contributed by atoms with Gasteiger partial charge in [-0.1, -0.05) is 22.0 Å². The van der Waals surface area contributed by atoms with Gasteiger partial charge in [-0.15, -0.1) is 0 Å². The number of hydrogen-bond acceptors (Lipinski definition) is 3. The molecule has 0 saturated heterocycles. The lowest BCUT2D eigenvalue weighted by molar-refractivity contribution is 0.164. The Morgan fingerprint density at radius 2 is 2.29 bits per heavy atom. The molecule has 0 fully saturated rings. The maximum absolute atomic E-state index is 10.3. The summed E-state index contributed by atoms with van der Waals surface area (Å²) in [6.45, 7) is 0.741. The zero-order valence-electron chi connectivity index (χ0n) is 11.8. The van der Waals surface area contributed by atoms with Crippen LogP contribution in [0.1, 0.15) is 23.1 Å². The topological polar surface area (TPSA) is 42.4 Å². The summed E-state index contributed by atoms with van der Waals surface area (Å²) in [6.07, 6.45) is 6.40. The Kier molecular flexibility index (Phi) is 4.56. The van der Waals surface area contributed by atoms with E-state index >= 15 is 0 Å². The van der Waals surface area contributed by atoms with Gasteiger partial charge in [0, 0.05) is 29.7 Å². The standard InChI is InChI=1S/C17H18BrNO2/c18-15-8-13-5-7-21-17(13)14(9-15)10-16(20)4-3-12-2-1-6-19-11-12/h1-2,6,8-9,11,16,20H,3-5,7,10H2. The number of benzene rings is 1. The normalized spacial score (nSPS) is 14.6. The number of rotatable bonds is 5. The van der Waals surface area contributed by atoms with Gasteiger partial charge in [0.1, 0.15) is 5.75 Å². The second-order valence-corrected chi connectivity index (χ2v) is 6.33. The second kappa shape index (κ2) is 6.58. The highest BCUT2D eigenvalue weighted by Crippen LogP contribution is 2.34. The van der Waals surface area contributed by atoms with Gasteiger partial charge in [0.2, 0.25) is 0 Å². The molecule has 0 spiro atoms. The zero-order valence-corrected chi connectivity index (χ0v) is 13.3. The Hall–Kier alpha value is -1.39. The molecule has 1 atom stereocenters. The van der Waals surface area contributed by atoms with Crippen LogP contribution < -0.4 is 4.74 Å². The fourth-order valence-electron chi connectivity index (χ4n) is 2.73. The first kappa shape index (κ1) is 14.5. The monoisotopic (exact) mass is 347 g/mol. The molecule has 0 bridgehead atoms. The van der Waals surface area contributed by atoms with E-state index < -0.39 is 0 Å². The predicted octanol–water partition coefficient (Wildman–Crippen LogP) is 3.32. The number of aliphatic hydroxyl groups excluding tert-OH is 1. The van der Waals surface area contributed by atoms with Crippen LogP contribution in [0.25, 0.3) is 0 Å². The number of aryl methyl sites for hydroxylation is 1. The molecule has 3 rings (SSSR count). The Bertz CT molecular complexity index is 616. The lowest BCUT2D eigenvalue weighted by Gasteiger charge is -2.14. The van der Waals surface area contributed by atoms with Crippen molar-refractivity contribution in [2.75, 3.05) is 6.61 Å². The Labute approximate surface area is 133 Å². The van der Waals surface area contributed by atoms with Crippen LogP contribution in [0.2, 0.25) is 0 Å². The number of aromatic nitrogens is 1. The van der Waals surface area contributed by atoms with Crippen molar-refractivity contribution in [2.24, 2.45) is 0 Å². The molecule has 2 aromatic rings. The first-order valence-electron chi connectivity index (χ1n) is 7.23. The molecule has 2 heterocycles. The summed E-state index contributed by atoms with van der Waals surface area (Å²) < 4.78 is 6.76. The average Bonchev–Trinajstić information content (AvgIpc) is 2.94. The highest BCUT2D eigenvalue weighted by Gasteiger charge is 2.19. The largest absolute Gasteiger partial charge is 0.493 e. The summed E-state index contributed by atoms with van der Waals surface area (Å²) in [5.41, 5.74) is 3.49. The Morgan fingerprint density at radius 1 is 1.38 bits per heavy atom. The number of aliphatic hydroxyl groups is 1. The average molecular weight is 348 g/mol. The maximum atomic E-state index is 10.3. The van der Waals surface area contributed by atoms with Gasteiger partial charge in [0.05, 0.1) is 12.7 Å². The Morgan fingerprint density at radius 3 is 3.10 bits per heavy atom. The third-order valence-corrected chi connectivity index (χ3v) is 4.23. The number of halogens is 1. The Balaban J connectivity index is 1.64. The molecular weight excluding hydrogens is 330 g/mol. The van der Waals surface area contributed by atoms with Crippen molar-refractivity contribution in [1.29, 1.82) is 0 Å². The van der Waals surface area contributed by atoms with E-state index in [2.05, 4.69) is 33.0 Å². The SMILES string of the molecule is OC(CCc1cccnc1)Cc1cc(Br)cc2c1OCC2. The molecule has 1 aromatic carbocycles. The molecule has 1 unspecified atom stereocenters. The van der Waals surface area contributed by atoms with Crippen LogP contribution in [0.3, 0.4) is 0 Å². The molecule has 3 nitrogen and oxygen atoms in total. The van der Waals surface area contributed by atoms with Gasteiger partial charge in [0.25, 0.3) is 0 Å². The summed E-state index contributed by atoms with van der Waals surface area (Å²) in [5, 5.41) is 10.3. The maximum Gasteiger partial charge on any atom is 0.125 e. The molecule has 0 saturated carbocycles. The summed E-state index contributed by atoms with van der Waals surface area (Å²) in [7, 11) is 0. The van der Waals surface area contributed by atoms with Crippen molar-refractivity contribution in [2.45, 2.75) is 31.8 Å². The molecule has 1 aromatic heterocycles. The van der Waals surface area contributed by atoms with E-state index in [4.69, 9.17) is 4.74 Å². The lowest BCUT2D eigenvalue weighted by Crippen LogP contribution is -2.12. The van der Waals surface area contributed by atoms with Crippen LogP contribution in [0.4, 0.5) is 0 Å². The van der Waals surface area contributed by atoms with Gasteiger partial charge in [-0.2, -0.15) is 0 Å². The molecule has 1 aliphatic heterocycles. The number of nitrogens with zero attached hydrogens (tertiary/aromatic N) is 1. The van der Waals surface area contributed by atoms with Crippen LogP contribution in [0, 0.1) is 0 Å². The van der Waals surface area contributed by atoms with E-state index in [1.54, 1.807) is 6.20 Å². The van der Waals surface area contributed by atoms with Crippen LogP contribution in [-0.2, 0) is 19.3 Å². The smallest absolute Gasteiger partial charge is 0.125 e. The molecule has 4 heteroatoms. The van der Waals surface area contributed by atoms with Gasteiger partial charge < -0.3 is 9.84 Å². The van der Waals surface area contributed by atoms with Crippen molar-refractivity contribution < 1.29 is 9.84 Å². The van der Waals surface area contributed by atoms with E-state index in [9.17, 15) is 5.11 Å². The summed E-state index contributed by atoms with van der Waals surface area (Å²) in [6, 6.07) is 8.13. The minimum absolute atomic E-state index is 0.368. The van der Waals surface area contributed by atoms with Crippen molar-refractivity contribution >= 4 is 15.9 Å². The first-order chi connectivity index (χ1) is 10.2. The summed E-state index contributed by atoms with van der Waals surface area (Å²) >= 11 is 3.54. The predicted molar refractivity (Wildman–Crippen MR) is 85.6 cm³/mol. The quantitative estimate of drug-likeness (QED) is 0.902. The van der Waals surface area contributed by atoms with E-state index in [0.29, 0.717) is 6.42 Å². The number of pyridine rings is 1. The minimum Gasteiger partial charge on any atom is -0.493 e. The zero-order chi connectivity index (χ0) is 14.7. The lowest BCUT2D eigenvalue weighted by atomic mass is 9.99. The van der Waals surface area contributed by atoms with E-state index in [-0.39, 0.29) is 6.10 Å². The molecule has 1 N–H and O–H groups in total. The van der Waals surface area contributed by atoms with Crippen LogP contribution in [-0.4, -0.2) is 22.8 Å². The molecular formula is C17H18BrNO2. The van der Waals surface area contributed by atoms with Gasteiger partial charge in [-0.25, -0.2) is 0 Å². The van der Waals surface area contributed by atoms with E-state index in [1.165, 1.54) is 5.56 Å². The minimum atomic E-state index is -0.368. The van der Waals surface area contributed by atoms with Crippen LogP contribution in [0.15, 0.2) is 41.1 Å². The van der Waals surface area contributed by atoms with Crippen molar-refractivity contribution in [1.82, 2.24) is 4.98 Å². The first-order valence-corrected chi connectivity index (χ1v) is 8.03. The number of ether oxygens (including phenoxy) is 1. The van der Waals surface area contributed by atoms with E-state index in [1.807, 2.05) is 18.3 Å². The second-order valence-electron chi connectivity index (χ2n) is 5.41. The highest BCUT2D eigenvalue weighted by molar-refractivity contribution is 9.10. The fourth-order valence-corrected chi connectivity index (χ4v) is 3.29. The van der Waals surface area contributed by atoms with Crippen LogP contribution >= 0.6 is 15.9 Å². The third-order valence-electron chi connectivity index (χ3n) is 3.77. The fraction of sp³-hybridized carbons (Fsp3) is 0.353. The molecule has 0 amide bonds. The summed E-state index contributed by atoms with van der Waals surface area (Å²) in [4.78, 5) is 4.10. The van der Waals surface area contributed by atoms with Crippen molar-refractivity contribution in [3.63, 3.8) is 0 Å². The van der Waals surface area contributed by atoms with Crippen molar-refractivity contribution in [3.05, 3.63) is 57.8 Å². The van der Waals surface area contributed by atoms with Crippen LogP contribution in [0.5, 0.6) is 5.75 Å². The highest BCUT2D eigenvalue weighted by atomic mass is 79.9. The molecule has 1 aliphatic rings. The molecule has 110 valence electrons. The van der Waals surface area contributed by atoms with Gasteiger partial charge in [-0.3, -0.25) is 4.98 Å². The van der Waals surface area contributed by atoms with E-state index in [0.717, 1.165) is 47.2 Å². The number of fused-ring (bicyclic) bond motifs is 1. The van der Waals surface area contributed by atoms with Gasteiger partial charge in [0.15, 0.2) is 0 Å². The summed E-state index contributed by atoms with van der Waals surface area (Å²) in [5.74, 6) is 0.971. The third kappa shape index (κ3) is 3.63. The number of hydrogen-bond donors (Lipinski definition) is 1. The van der Waals surface area contributed by atoms with Gasteiger partial charge in [-0.05, 0) is 47.7 Å². The molecule has 21 heavy (non-hydrogen) atoms. The molecule has 0 aliphatic carbocycles. The van der Waals surface area contributed by atoms with Crippen molar-refractivity contribution in [3.8, 4) is 5.75 Å².